The lowest BCUT2D eigenvalue weighted by molar-refractivity contribution is -0.137. The molecular formula is C22H30F3N3O2. The second-order valence-corrected chi connectivity index (χ2v) is 7.19. The molecule has 0 radical (unpaired) electrons. The summed E-state index contributed by atoms with van der Waals surface area (Å²) < 4.78 is 52.0. The van der Waals surface area contributed by atoms with Crippen LogP contribution in [-0.4, -0.2) is 29.7 Å². The number of benzene rings is 1. The molecule has 0 saturated carbocycles. The third kappa shape index (κ3) is 6.78. The number of ether oxygens (including phenoxy) is 2. The number of aromatic nitrogens is 2. The van der Waals surface area contributed by atoms with Crippen molar-refractivity contribution in [3.8, 4) is 11.8 Å². The number of hydrogen-bond acceptors (Lipinski definition) is 5. The van der Waals surface area contributed by atoms with Crippen LogP contribution in [0.3, 0.4) is 0 Å². The molecule has 1 unspecified atom stereocenters. The molecule has 30 heavy (non-hydrogen) atoms. The monoisotopic (exact) mass is 425 g/mol. The Morgan fingerprint density at radius 1 is 1.13 bits per heavy atom. The van der Waals surface area contributed by atoms with Crippen LogP contribution in [0, 0.1) is 0 Å². The predicted octanol–water partition coefficient (Wildman–Crippen LogP) is 6.40. The fourth-order valence-corrected chi connectivity index (χ4v) is 2.76. The number of nitrogens with zero attached hydrogens (tertiary/aromatic N) is 3. The van der Waals surface area contributed by atoms with Gasteiger partial charge in [-0.15, -0.1) is 0 Å². The van der Waals surface area contributed by atoms with Crippen LogP contribution in [-0.2, 0) is 6.18 Å². The van der Waals surface area contributed by atoms with Crippen molar-refractivity contribution in [1.82, 2.24) is 9.97 Å². The fourth-order valence-electron chi connectivity index (χ4n) is 2.76. The van der Waals surface area contributed by atoms with Gasteiger partial charge in [-0.25, -0.2) is 4.98 Å². The number of hydrogen-bond donors (Lipinski definition) is 0. The minimum Gasteiger partial charge on any atom is -0.494 e. The van der Waals surface area contributed by atoms with Crippen molar-refractivity contribution >= 4 is 11.5 Å². The van der Waals surface area contributed by atoms with Gasteiger partial charge in [-0.2, -0.15) is 18.2 Å². The summed E-state index contributed by atoms with van der Waals surface area (Å²) in [5.41, 5.74) is -0.396. The van der Waals surface area contributed by atoms with Crippen LogP contribution in [0.15, 0.2) is 30.5 Å². The highest BCUT2D eigenvalue weighted by atomic mass is 19.4. The van der Waals surface area contributed by atoms with E-state index in [2.05, 4.69) is 16.9 Å². The first-order chi connectivity index (χ1) is 14.3. The quantitative estimate of drug-likeness (QED) is 0.390. The Morgan fingerprint density at radius 3 is 2.57 bits per heavy atom. The minimum absolute atomic E-state index is 0.0810. The van der Waals surface area contributed by atoms with E-state index in [1.165, 1.54) is 11.9 Å². The first kappa shape index (κ1) is 23.8. The van der Waals surface area contributed by atoms with E-state index in [1.807, 2.05) is 13.8 Å². The van der Waals surface area contributed by atoms with Gasteiger partial charge in [0.1, 0.15) is 11.3 Å². The summed E-state index contributed by atoms with van der Waals surface area (Å²) in [6.45, 7) is 6.44. The maximum Gasteiger partial charge on any atom is 0.421 e. The van der Waals surface area contributed by atoms with Gasteiger partial charge in [-0.1, -0.05) is 39.2 Å². The zero-order chi connectivity index (χ0) is 22.1. The van der Waals surface area contributed by atoms with E-state index in [-0.39, 0.29) is 17.9 Å². The second kappa shape index (κ2) is 11.0. The highest BCUT2D eigenvalue weighted by Gasteiger charge is 2.37. The molecule has 0 bridgehead atoms. The Kier molecular flexibility index (Phi) is 8.74. The summed E-state index contributed by atoms with van der Waals surface area (Å²) in [5.74, 6) is 0.338. The van der Waals surface area contributed by atoms with E-state index in [4.69, 9.17) is 9.47 Å². The Balaban J connectivity index is 2.26. The van der Waals surface area contributed by atoms with Crippen molar-refractivity contribution in [2.45, 2.75) is 65.2 Å². The first-order valence-corrected chi connectivity index (χ1v) is 10.3. The Bertz CT molecular complexity index is 799. The third-order valence-electron chi connectivity index (χ3n) is 4.72. The Hall–Kier alpha value is -2.51. The Morgan fingerprint density at radius 2 is 1.90 bits per heavy atom. The Labute approximate surface area is 176 Å². The summed E-state index contributed by atoms with van der Waals surface area (Å²) in [6, 6.07) is 6.87. The van der Waals surface area contributed by atoms with Gasteiger partial charge in [0.05, 0.1) is 12.7 Å². The van der Waals surface area contributed by atoms with Crippen molar-refractivity contribution in [3.63, 3.8) is 0 Å². The van der Waals surface area contributed by atoms with E-state index in [1.54, 1.807) is 24.3 Å². The largest absolute Gasteiger partial charge is 0.494 e. The maximum absolute atomic E-state index is 13.6. The average Bonchev–Trinajstić information content (AvgIpc) is 2.72. The lowest BCUT2D eigenvalue weighted by Crippen LogP contribution is -2.20. The summed E-state index contributed by atoms with van der Waals surface area (Å²) in [7, 11) is 1.53. The number of unbranched alkanes of at least 4 members (excludes halogenated alkanes) is 3. The summed E-state index contributed by atoms with van der Waals surface area (Å²) in [6.07, 6.45) is 0.984. The van der Waals surface area contributed by atoms with Crippen molar-refractivity contribution in [2.75, 3.05) is 18.6 Å². The highest BCUT2D eigenvalue weighted by Crippen LogP contribution is 2.38. The smallest absolute Gasteiger partial charge is 0.421 e. The van der Waals surface area contributed by atoms with Crippen LogP contribution >= 0.6 is 0 Å². The topological polar surface area (TPSA) is 47.5 Å². The van der Waals surface area contributed by atoms with Crippen molar-refractivity contribution in [1.29, 1.82) is 0 Å². The van der Waals surface area contributed by atoms with E-state index in [0.29, 0.717) is 24.5 Å². The highest BCUT2D eigenvalue weighted by molar-refractivity contribution is 5.64. The molecule has 0 aliphatic heterocycles. The molecule has 1 atom stereocenters. The first-order valence-electron chi connectivity index (χ1n) is 10.3. The van der Waals surface area contributed by atoms with E-state index in [9.17, 15) is 13.2 Å². The molecule has 0 amide bonds. The second-order valence-electron chi connectivity index (χ2n) is 7.19. The number of anilines is 2. The predicted molar refractivity (Wildman–Crippen MR) is 112 cm³/mol. The average molecular weight is 425 g/mol. The lowest BCUT2D eigenvalue weighted by Gasteiger charge is -2.23. The summed E-state index contributed by atoms with van der Waals surface area (Å²) >= 11 is 0. The molecule has 1 aromatic carbocycles. The molecule has 0 fully saturated rings. The SMILES string of the molecule is CCCCCCOc1cccc(N(C)c2nc(OC(C)CC)ncc2C(F)(F)F)c1. The molecule has 166 valence electrons. The summed E-state index contributed by atoms with van der Waals surface area (Å²) in [4.78, 5) is 9.18. The summed E-state index contributed by atoms with van der Waals surface area (Å²) in [5, 5.41) is 0. The fraction of sp³-hybridized carbons (Fsp3) is 0.545. The van der Waals surface area contributed by atoms with Gasteiger partial charge in [-0.05, 0) is 31.9 Å². The van der Waals surface area contributed by atoms with Gasteiger partial charge >= 0.3 is 12.2 Å². The molecule has 8 heteroatoms. The van der Waals surface area contributed by atoms with Crippen molar-refractivity contribution < 1.29 is 22.6 Å². The molecule has 2 aromatic rings. The van der Waals surface area contributed by atoms with Crippen LogP contribution in [0.1, 0.15) is 58.4 Å². The normalized spacial score (nSPS) is 12.5. The number of halogens is 3. The van der Waals surface area contributed by atoms with Gasteiger partial charge < -0.3 is 14.4 Å². The molecular weight excluding hydrogens is 395 g/mol. The molecule has 2 rings (SSSR count). The molecule has 1 aromatic heterocycles. The maximum atomic E-state index is 13.6. The van der Waals surface area contributed by atoms with Crippen LogP contribution in [0.2, 0.25) is 0 Å². The molecule has 1 heterocycles. The van der Waals surface area contributed by atoms with Crippen LogP contribution in [0.5, 0.6) is 11.8 Å². The molecule has 0 aliphatic carbocycles. The molecule has 0 spiro atoms. The van der Waals surface area contributed by atoms with E-state index >= 15 is 0 Å². The van der Waals surface area contributed by atoms with E-state index in [0.717, 1.165) is 31.9 Å². The molecule has 5 nitrogen and oxygen atoms in total. The standard InChI is InChI=1S/C22H30F3N3O2/c1-5-7-8-9-13-29-18-12-10-11-17(14-18)28(4)20-19(22(23,24)25)15-26-21(27-20)30-16(3)6-2/h10-12,14-16H,5-9,13H2,1-4H3. The number of rotatable bonds is 11. The van der Waals surface area contributed by atoms with Gasteiger partial charge in [0.15, 0.2) is 5.82 Å². The zero-order valence-electron chi connectivity index (χ0n) is 18.0. The van der Waals surface area contributed by atoms with Crippen LogP contribution < -0.4 is 14.4 Å². The van der Waals surface area contributed by atoms with Gasteiger partial charge in [0, 0.05) is 25.0 Å². The zero-order valence-corrected chi connectivity index (χ0v) is 18.0. The van der Waals surface area contributed by atoms with Gasteiger partial charge in [0.25, 0.3) is 0 Å². The van der Waals surface area contributed by atoms with E-state index < -0.39 is 11.7 Å². The van der Waals surface area contributed by atoms with Crippen molar-refractivity contribution in [2.24, 2.45) is 0 Å². The lowest BCUT2D eigenvalue weighted by atomic mass is 10.2. The molecule has 0 N–H and O–H groups in total. The van der Waals surface area contributed by atoms with Gasteiger partial charge in [-0.3, -0.25) is 0 Å². The van der Waals surface area contributed by atoms with Gasteiger partial charge in [0.2, 0.25) is 0 Å². The molecule has 0 saturated heterocycles. The molecule has 0 aliphatic rings. The van der Waals surface area contributed by atoms with Crippen LogP contribution in [0.25, 0.3) is 0 Å². The van der Waals surface area contributed by atoms with Crippen LogP contribution in [0.4, 0.5) is 24.7 Å². The third-order valence-corrected chi connectivity index (χ3v) is 4.72. The number of alkyl halides is 3. The minimum atomic E-state index is -4.59. The van der Waals surface area contributed by atoms with Crippen molar-refractivity contribution in [3.05, 3.63) is 36.0 Å².